The molecular formula is C18H31N3. The SMILES string of the molecule is CC(C)NC(C#N)(CN1CCC2CCCCC2C1)C1CC1. The van der Waals surface area contributed by atoms with E-state index < -0.39 is 0 Å². The molecule has 1 heterocycles. The molecule has 1 N–H and O–H groups in total. The van der Waals surface area contributed by atoms with Crippen LogP contribution in [0.5, 0.6) is 0 Å². The van der Waals surface area contributed by atoms with E-state index in [1.54, 1.807) is 0 Å². The topological polar surface area (TPSA) is 39.1 Å². The molecule has 0 aromatic rings. The van der Waals surface area contributed by atoms with Crippen molar-refractivity contribution in [2.24, 2.45) is 17.8 Å². The molecule has 3 fully saturated rings. The summed E-state index contributed by atoms with van der Waals surface area (Å²) >= 11 is 0. The first-order valence-electron chi connectivity index (χ1n) is 9.04. The van der Waals surface area contributed by atoms with Gasteiger partial charge in [0.05, 0.1) is 6.07 Å². The number of rotatable bonds is 5. The molecule has 3 unspecified atom stereocenters. The maximum absolute atomic E-state index is 9.86. The van der Waals surface area contributed by atoms with Crippen molar-refractivity contribution in [2.75, 3.05) is 19.6 Å². The van der Waals surface area contributed by atoms with Crippen molar-refractivity contribution >= 4 is 0 Å². The highest BCUT2D eigenvalue weighted by atomic mass is 15.2. The highest BCUT2D eigenvalue weighted by molar-refractivity contribution is 5.17. The van der Waals surface area contributed by atoms with E-state index in [1.807, 2.05) is 0 Å². The van der Waals surface area contributed by atoms with Gasteiger partial charge >= 0.3 is 0 Å². The third-order valence-corrected chi connectivity index (χ3v) is 5.87. The van der Waals surface area contributed by atoms with Crippen LogP contribution in [-0.4, -0.2) is 36.1 Å². The summed E-state index contributed by atoms with van der Waals surface area (Å²) in [5.41, 5.74) is -0.296. The molecule has 3 atom stereocenters. The van der Waals surface area contributed by atoms with Gasteiger partial charge in [-0.05, 0) is 63.8 Å². The summed E-state index contributed by atoms with van der Waals surface area (Å²) in [7, 11) is 0. The molecule has 3 nitrogen and oxygen atoms in total. The molecule has 0 aromatic heterocycles. The average Bonchev–Trinajstić information content (AvgIpc) is 3.31. The van der Waals surface area contributed by atoms with E-state index in [9.17, 15) is 5.26 Å². The molecular weight excluding hydrogens is 258 g/mol. The fourth-order valence-corrected chi connectivity index (χ4v) is 4.72. The van der Waals surface area contributed by atoms with Crippen molar-refractivity contribution < 1.29 is 0 Å². The summed E-state index contributed by atoms with van der Waals surface area (Å²) in [6.45, 7) is 7.72. The number of nitrogens with zero attached hydrogens (tertiary/aromatic N) is 2. The molecule has 0 bridgehead atoms. The van der Waals surface area contributed by atoms with E-state index in [0.29, 0.717) is 12.0 Å². The fourth-order valence-electron chi connectivity index (χ4n) is 4.72. The molecule has 1 aliphatic heterocycles. The summed E-state index contributed by atoms with van der Waals surface area (Å²) < 4.78 is 0. The zero-order valence-corrected chi connectivity index (χ0v) is 13.8. The van der Waals surface area contributed by atoms with Crippen molar-refractivity contribution in [3.05, 3.63) is 0 Å². The Bertz CT molecular complexity index is 396. The van der Waals surface area contributed by atoms with Crippen molar-refractivity contribution in [2.45, 2.75) is 70.4 Å². The lowest BCUT2D eigenvalue weighted by Crippen LogP contribution is -2.58. The summed E-state index contributed by atoms with van der Waals surface area (Å²) in [6, 6.07) is 3.06. The van der Waals surface area contributed by atoms with E-state index in [0.717, 1.165) is 18.4 Å². The van der Waals surface area contributed by atoms with Crippen molar-refractivity contribution in [3.8, 4) is 6.07 Å². The third kappa shape index (κ3) is 3.43. The normalized spacial score (nSPS) is 33.2. The molecule has 1 saturated heterocycles. The molecule has 2 aliphatic carbocycles. The number of likely N-dealkylation sites (tertiary alicyclic amines) is 1. The molecule has 0 spiro atoms. The highest BCUT2D eigenvalue weighted by Gasteiger charge is 2.47. The number of hydrogen-bond acceptors (Lipinski definition) is 3. The number of hydrogen-bond donors (Lipinski definition) is 1. The molecule has 21 heavy (non-hydrogen) atoms. The van der Waals surface area contributed by atoms with Crippen molar-refractivity contribution in [3.63, 3.8) is 0 Å². The van der Waals surface area contributed by atoms with E-state index in [1.165, 1.54) is 58.0 Å². The monoisotopic (exact) mass is 289 g/mol. The second-order valence-electron chi connectivity index (χ2n) is 7.98. The van der Waals surface area contributed by atoms with Crippen LogP contribution in [-0.2, 0) is 0 Å². The average molecular weight is 289 g/mol. The van der Waals surface area contributed by atoms with Gasteiger partial charge < -0.3 is 4.90 Å². The Labute approximate surface area is 130 Å². The van der Waals surface area contributed by atoms with Gasteiger partial charge in [-0.15, -0.1) is 0 Å². The van der Waals surface area contributed by atoms with Gasteiger partial charge in [-0.1, -0.05) is 19.3 Å². The first-order chi connectivity index (χ1) is 10.1. The minimum absolute atomic E-state index is 0.296. The molecule has 0 radical (unpaired) electrons. The third-order valence-electron chi connectivity index (χ3n) is 5.87. The van der Waals surface area contributed by atoms with E-state index in [4.69, 9.17) is 0 Å². The van der Waals surface area contributed by atoms with Gasteiger partial charge in [-0.25, -0.2) is 0 Å². The van der Waals surface area contributed by atoms with E-state index >= 15 is 0 Å². The summed E-state index contributed by atoms with van der Waals surface area (Å²) in [4.78, 5) is 2.60. The van der Waals surface area contributed by atoms with Crippen molar-refractivity contribution in [1.29, 1.82) is 5.26 Å². The van der Waals surface area contributed by atoms with Crippen LogP contribution in [0.1, 0.15) is 58.8 Å². The molecule has 0 aromatic carbocycles. The van der Waals surface area contributed by atoms with Crippen LogP contribution in [0.25, 0.3) is 0 Å². The molecule has 3 aliphatic rings. The summed E-state index contributed by atoms with van der Waals surface area (Å²) in [5, 5.41) is 13.5. The zero-order valence-electron chi connectivity index (χ0n) is 13.8. The standard InChI is InChI=1S/C18H31N3/c1-14(2)20-18(12-19,17-7-8-17)13-21-10-9-15-5-3-4-6-16(15)11-21/h14-17,20H,3-11,13H2,1-2H3. The number of fused-ring (bicyclic) bond motifs is 1. The largest absolute Gasteiger partial charge is 0.300 e. The summed E-state index contributed by atoms with van der Waals surface area (Å²) in [6.07, 6.45) is 9.56. The first kappa shape index (κ1) is 15.3. The van der Waals surface area contributed by atoms with E-state index in [-0.39, 0.29) is 5.54 Å². The van der Waals surface area contributed by atoms with Gasteiger partial charge in [-0.3, -0.25) is 5.32 Å². The Kier molecular flexibility index (Phi) is 4.57. The van der Waals surface area contributed by atoms with Gasteiger partial charge in [0.25, 0.3) is 0 Å². The summed E-state index contributed by atoms with van der Waals surface area (Å²) in [5.74, 6) is 2.46. The van der Waals surface area contributed by atoms with E-state index in [2.05, 4.69) is 30.1 Å². The zero-order chi connectivity index (χ0) is 14.9. The van der Waals surface area contributed by atoms with Crippen LogP contribution >= 0.6 is 0 Å². The predicted octanol–water partition coefficient (Wildman–Crippen LogP) is 3.17. The second kappa shape index (κ2) is 6.26. The number of nitrogens with one attached hydrogen (secondary N) is 1. The van der Waals surface area contributed by atoms with Gasteiger partial charge in [-0.2, -0.15) is 5.26 Å². The quantitative estimate of drug-likeness (QED) is 0.845. The fraction of sp³-hybridized carbons (Fsp3) is 0.944. The highest BCUT2D eigenvalue weighted by Crippen LogP contribution is 2.42. The lowest BCUT2D eigenvalue weighted by molar-refractivity contribution is 0.0671. The second-order valence-corrected chi connectivity index (χ2v) is 7.98. The smallest absolute Gasteiger partial charge is 0.122 e. The Morgan fingerprint density at radius 3 is 2.48 bits per heavy atom. The van der Waals surface area contributed by atoms with Crippen LogP contribution in [0, 0.1) is 29.1 Å². The number of nitriles is 1. The molecule has 0 amide bonds. The Hall–Kier alpha value is -0.590. The van der Waals surface area contributed by atoms with Crippen LogP contribution in [0.2, 0.25) is 0 Å². The molecule has 3 heteroatoms. The van der Waals surface area contributed by atoms with Crippen molar-refractivity contribution in [1.82, 2.24) is 10.2 Å². The van der Waals surface area contributed by atoms with Crippen LogP contribution in [0.4, 0.5) is 0 Å². The maximum atomic E-state index is 9.86. The number of piperidine rings is 1. The lowest BCUT2D eigenvalue weighted by Gasteiger charge is -2.44. The van der Waals surface area contributed by atoms with Gasteiger partial charge in [0, 0.05) is 19.1 Å². The van der Waals surface area contributed by atoms with Gasteiger partial charge in [0.1, 0.15) is 5.54 Å². The lowest BCUT2D eigenvalue weighted by atomic mass is 9.75. The Morgan fingerprint density at radius 2 is 1.86 bits per heavy atom. The molecule has 118 valence electrons. The van der Waals surface area contributed by atoms with Gasteiger partial charge in [0.15, 0.2) is 0 Å². The minimum Gasteiger partial charge on any atom is -0.300 e. The molecule has 2 saturated carbocycles. The van der Waals surface area contributed by atoms with Crippen LogP contribution in [0.3, 0.4) is 0 Å². The maximum Gasteiger partial charge on any atom is 0.122 e. The Morgan fingerprint density at radius 1 is 1.14 bits per heavy atom. The molecule has 3 rings (SSSR count). The van der Waals surface area contributed by atoms with Crippen LogP contribution < -0.4 is 5.32 Å². The first-order valence-corrected chi connectivity index (χ1v) is 9.04. The minimum atomic E-state index is -0.296. The Balaban J connectivity index is 1.64. The predicted molar refractivity (Wildman–Crippen MR) is 85.8 cm³/mol. The van der Waals surface area contributed by atoms with Crippen LogP contribution in [0.15, 0.2) is 0 Å². The van der Waals surface area contributed by atoms with Gasteiger partial charge in [0.2, 0.25) is 0 Å².